The SMILES string of the molecule is C=CCn1c(SCC(=O)NC2CC2)nnc1C(C)C. The Morgan fingerprint density at radius 2 is 2.32 bits per heavy atom. The Labute approximate surface area is 117 Å². The van der Waals surface area contributed by atoms with Crippen molar-refractivity contribution < 1.29 is 4.79 Å². The maximum atomic E-state index is 11.7. The molecule has 1 fully saturated rings. The van der Waals surface area contributed by atoms with Crippen LogP contribution in [0, 0.1) is 0 Å². The number of thioether (sulfide) groups is 1. The fraction of sp³-hybridized carbons (Fsp3) is 0.615. The van der Waals surface area contributed by atoms with Crippen molar-refractivity contribution in [1.82, 2.24) is 20.1 Å². The summed E-state index contributed by atoms with van der Waals surface area (Å²) in [6.07, 6.45) is 4.05. The molecule has 6 heteroatoms. The molecule has 1 heterocycles. The van der Waals surface area contributed by atoms with E-state index in [2.05, 4.69) is 35.9 Å². The first-order valence-corrected chi connectivity index (χ1v) is 7.56. The summed E-state index contributed by atoms with van der Waals surface area (Å²) in [4.78, 5) is 11.7. The summed E-state index contributed by atoms with van der Waals surface area (Å²) in [5.74, 6) is 1.71. The number of carbonyl (C=O) groups excluding carboxylic acids is 1. The smallest absolute Gasteiger partial charge is 0.230 e. The third kappa shape index (κ3) is 3.83. The summed E-state index contributed by atoms with van der Waals surface area (Å²) >= 11 is 1.43. The zero-order valence-corrected chi connectivity index (χ0v) is 12.2. The van der Waals surface area contributed by atoms with Crippen LogP contribution in [0.4, 0.5) is 0 Å². The van der Waals surface area contributed by atoms with Crippen LogP contribution in [0.25, 0.3) is 0 Å². The summed E-state index contributed by atoms with van der Waals surface area (Å²) < 4.78 is 2.02. The molecule has 104 valence electrons. The van der Waals surface area contributed by atoms with Crippen molar-refractivity contribution in [2.24, 2.45) is 0 Å². The van der Waals surface area contributed by atoms with Crippen molar-refractivity contribution >= 4 is 17.7 Å². The van der Waals surface area contributed by atoms with Gasteiger partial charge < -0.3 is 9.88 Å². The molecule has 2 rings (SSSR count). The van der Waals surface area contributed by atoms with Crippen LogP contribution in [0.1, 0.15) is 38.4 Å². The van der Waals surface area contributed by atoms with Crippen LogP contribution in [0.5, 0.6) is 0 Å². The van der Waals surface area contributed by atoms with E-state index in [1.807, 2.05) is 10.6 Å². The van der Waals surface area contributed by atoms with Gasteiger partial charge in [-0.05, 0) is 12.8 Å². The largest absolute Gasteiger partial charge is 0.353 e. The van der Waals surface area contributed by atoms with Crippen LogP contribution >= 0.6 is 11.8 Å². The lowest BCUT2D eigenvalue weighted by Gasteiger charge is -2.09. The van der Waals surface area contributed by atoms with Gasteiger partial charge in [-0.15, -0.1) is 16.8 Å². The van der Waals surface area contributed by atoms with Crippen molar-refractivity contribution in [3.63, 3.8) is 0 Å². The molecule has 0 aliphatic heterocycles. The molecule has 0 radical (unpaired) electrons. The van der Waals surface area contributed by atoms with Crippen molar-refractivity contribution in [3.8, 4) is 0 Å². The minimum absolute atomic E-state index is 0.0757. The molecular formula is C13H20N4OS. The summed E-state index contributed by atoms with van der Waals surface area (Å²) in [5.41, 5.74) is 0. The Morgan fingerprint density at radius 3 is 2.89 bits per heavy atom. The van der Waals surface area contributed by atoms with E-state index in [1.54, 1.807) is 0 Å². The van der Waals surface area contributed by atoms with Gasteiger partial charge in [-0.3, -0.25) is 4.79 Å². The van der Waals surface area contributed by atoms with E-state index < -0.39 is 0 Å². The van der Waals surface area contributed by atoms with Crippen molar-refractivity contribution in [2.45, 2.75) is 50.4 Å². The second-order valence-corrected chi connectivity index (χ2v) is 5.97. The zero-order valence-electron chi connectivity index (χ0n) is 11.4. The van der Waals surface area contributed by atoms with Crippen LogP contribution in [-0.2, 0) is 11.3 Å². The minimum Gasteiger partial charge on any atom is -0.353 e. The van der Waals surface area contributed by atoms with Crippen LogP contribution < -0.4 is 5.32 Å². The van der Waals surface area contributed by atoms with Gasteiger partial charge in [0.15, 0.2) is 5.16 Å². The first kappa shape index (κ1) is 14.1. The molecule has 1 aliphatic rings. The molecule has 0 bridgehead atoms. The van der Waals surface area contributed by atoms with E-state index in [9.17, 15) is 4.79 Å². The van der Waals surface area contributed by atoms with Crippen molar-refractivity contribution in [3.05, 3.63) is 18.5 Å². The van der Waals surface area contributed by atoms with Crippen LogP contribution in [0.3, 0.4) is 0 Å². The average Bonchev–Trinajstić information content (AvgIpc) is 3.06. The fourth-order valence-electron chi connectivity index (χ4n) is 1.76. The molecular weight excluding hydrogens is 260 g/mol. The van der Waals surface area contributed by atoms with Gasteiger partial charge in [-0.1, -0.05) is 31.7 Å². The van der Waals surface area contributed by atoms with E-state index in [0.29, 0.717) is 24.3 Å². The van der Waals surface area contributed by atoms with Crippen molar-refractivity contribution in [1.29, 1.82) is 0 Å². The second kappa shape index (κ2) is 6.23. The summed E-state index contributed by atoms with van der Waals surface area (Å²) in [6.45, 7) is 8.59. The molecule has 0 spiro atoms. The number of hydrogen-bond donors (Lipinski definition) is 1. The molecule has 1 saturated carbocycles. The predicted molar refractivity (Wildman–Crippen MR) is 76.2 cm³/mol. The van der Waals surface area contributed by atoms with E-state index >= 15 is 0 Å². The predicted octanol–water partition coefficient (Wildman–Crippen LogP) is 1.96. The third-order valence-corrected chi connectivity index (χ3v) is 3.82. The number of aromatic nitrogens is 3. The molecule has 5 nitrogen and oxygen atoms in total. The monoisotopic (exact) mass is 280 g/mol. The Hall–Kier alpha value is -1.30. The summed E-state index contributed by atoms with van der Waals surface area (Å²) in [7, 11) is 0. The second-order valence-electron chi connectivity index (χ2n) is 5.03. The van der Waals surface area contributed by atoms with Crippen molar-refractivity contribution in [2.75, 3.05) is 5.75 Å². The first-order valence-electron chi connectivity index (χ1n) is 6.58. The lowest BCUT2D eigenvalue weighted by molar-refractivity contribution is -0.118. The maximum absolute atomic E-state index is 11.7. The van der Waals surface area contributed by atoms with Gasteiger partial charge >= 0.3 is 0 Å². The highest BCUT2D eigenvalue weighted by atomic mass is 32.2. The molecule has 1 aliphatic carbocycles. The number of amides is 1. The molecule has 1 aromatic heterocycles. The van der Waals surface area contributed by atoms with E-state index in [-0.39, 0.29) is 5.91 Å². The zero-order chi connectivity index (χ0) is 13.8. The number of nitrogens with zero attached hydrogens (tertiary/aromatic N) is 3. The molecule has 0 aromatic carbocycles. The molecule has 1 aromatic rings. The molecule has 0 atom stereocenters. The van der Waals surface area contributed by atoms with Gasteiger partial charge in [-0.25, -0.2) is 0 Å². The van der Waals surface area contributed by atoms with Gasteiger partial charge in [0.05, 0.1) is 5.75 Å². The normalized spacial score (nSPS) is 14.7. The summed E-state index contributed by atoms with van der Waals surface area (Å²) in [5, 5.41) is 12.1. The topological polar surface area (TPSA) is 59.8 Å². The number of nitrogens with one attached hydrogen (secondary N) is 1. The van der Waals surface area contributed by atoms with Gasteiger partial charge in [-0.2, -0.15) is 0 Å². The number of rotatable bonds is 7. The quantitative estimate of drug-likeness (QED) is 0.612. The number of allylic oxidation sites excluding steroid dienone is 1. The van der Waals surface area contributed by atoms with E-state index in [0.717, 1.165) is 23.8 Å². The molecule has 1 N–H and O–H groups in total. The first-order chi connectivity index (χ1) is 9.11. The summed E-state index contributed by atoms with van der Waals surface area (Å²) in [6, 6.07) is 0.408. The van der Waals surface area contributed by atoms with Gasteiger partial charge in [0.2, 0.25) is 5.91 Å². The number of hydrogen-bond acceptors (Lipinski definition) is 4. The van der Waals surface area contributed by atoms with E-state index in [1.165, 1.54) is 11.8 Å². The minimum atomic E-state index is 0.0757. The highest BCUT2D eigenvalue weighted by molar-refractivity contribution is 7.99. The average molecular weight is 280 g/mol. The maximum Gasteiger partial charge on any atom is 0.230 e. The molecule has 19 heavy (non-hydrogen) atoms. The number of carbonyl (C=O) groups is 1. The molecule has 1 amide bonds. The fourth-order valence-corrected chi connectivity index (χ4v) is 2.53. The Balaban J connectivity index is 1.97. The third-order valence-electron chi connectivity index (χ3n) is 2.85. The highest BCUT2D eigenvalue weighted by Crippen LogP contribution is 2.22. The highest BCUT2D eigenvalue weighted by Gasteiger charge is 2.23. The van der Waals surface area contributed by atoms with Crippen LogP contribution in [0.15, 0.2) is 17.8 Å². The lowest BCUT2D eigenvalue weighted by atomic mass is 10.2. The van der Waals surface area contributed by atoms with Crippen LogP contribution in [-0.4, -0.2) is 32.5 Å². The standard InChI is InChI=1S/C13H20N4OS/c1-4-7-17-12(9(2)3)15-16-13(17)19-8-11(18)14-10-5-6-10/h4,9-10H,1,5-8H2,2-3H3,(H,14,18). The van der Waals surface area contributed by atoms with Gasteiger partial charge in [0.25, 0.3) is 0 Å². The van der Waals surface area contributed by atoms with Gasteiger partial charge in [0.1, 0.15) is 5.82 Å². The molecule has 0 saturated heterocycles. The Morgan fingerprint density at radius 1 is 1.58 bits per heavy atom. The Kier molecular flexibility index (Phi) is 4.63. The van der Waals surface area contributed by atoms with E-state index in [4.69, 9.17) is 0 Å². The van der Waals surface area contributed by atoms with Gasteiger partial charge in [0, 0.05) is 18.5 Å². The van der Waals surface area contributed by atoms with Crippen LogP contribution in [0.2, 0.25) is 0 Å². The lowest BCUT2D eigenvalue weighted by Crippen LogP contribution is -2.27. The Bertz CT molecular complexity index is 465. The molecule has 0 unspecified atom stereocenters.